The van der Waals surface area contributed by atoms with Crippen molar-refractivity contribution in [2.75, 3.05) is 30.4 Å². The lowest BCUT2D eigenvalue weighted by Gasteiger charge is -2.20. The van der Waals surface area contributed by atoms with Gasteiger partial charge in [0.25, 0.3) is 0 Å². The molecule has 3 rings (SSSR count). The minimum absolute atomic E-state index is 0.0766. The van der Waals surface area contributed by atoms with Gasteiger partial charge in [0.2, 0.25) is 5.91 Å². The molecular formula is C20H23N3O3. The number of nitrogens with one attached hydrogen (secondary N) is 2. The Kier molecular flexibility index (Phi) is 5.73. The largest absolute Gasteiger partial charge is 0.495 e. The molecule has 1 aliphatic rings. The first kappa shape index (κ1) is 17.8. The number of rotatable bonds is 6. The van der Waals surface area contributed by atoms with Crippen molar-refractivity contribution in [3.63, 3.8) is 0 Å². The van der Waals surface area contributed by atoms with E-state index in [1.54, 1.807) is 30.2 Å². The molecule has 136 valence electrons. The lowest BCUT2D eigenvalue weighted by Crippen LogP contribution is -2.30. The van der Waals surface area contributed by atoms with Gasteiger partial charge in [-0.15, -0.1) is 0 Å². The number of carbonyl (C=O) groups is 2. The minimum atomic E-state index is -0.273. The molecule has 2 aromatic rings. The van der Waals surface area contributed by atoms with Gasteiger partial charge in [-0.3, -0.25) is 4.79 Å². The molecule has 0 aliphatic carbocycles. The van der Waals surface area contributed by atoms with Crippen LogP contribution in [0.5, 0.6) is 5.75 Å². The number of ether oxygens (including phenoxy) is 1. The van der Waals surface area contributed by atoms with E-state index in [1.807, 2.05) is 30.3 Å². The monoisotopic (exact) mass is 353 g/mol. The van der Waals surface area contributed by atoms with E-state index in [1.165, 1.54) is 5.56 Å². The van der Waals surface area contributed by atoms with Gasteiger partial charge in [-0.05, 0) is 36.6 Å². The summed E-state index contributed by atoms with van der Waals surface area (Å²) in [4.78, 5) is 25.8. The Morgan fingerprint density at radius 1 is 1.19 bits per heavy atom. The van der Waals surface area contributed by atoms with Crippen LogP contribution in [0.1, 0.15) is 18.4 Å². The summed E-state index contributed by atoms with van der Waals surface area (Å²) < 4.78 is 5.36. The van der Waals surface area contributed by atoms with E-state index in [9.17, 15) is 9.59 Å². The molecule has 26 heavy (non-hydrogen) atoms. The van der Waals surface area contributed by atoms with Crippen molar-refractivity contribution in [1.82, 2.24) is 5.32 Å². The van der Waals surface area contributed by atoms with Crippen molar-refractivity contribution in [2.24, 2.45) is 0 Å². The van der Waals surface area contributed by atoms with E-state index in [-0.39, 0.29) is 11.9 Å². The van der Waals surface area contributed by atoms with Crippen LogP contribution < -0.4 is 20.3 Å². The molecule has 0 saturated carbocycles. The van der Waals surface area contributed by atoms with Crippen molar-refractivity contribution in [2.45, 2.75) is 19.3 Å². The SMILES string of the molecule is COc1ccc(NC(=O)NCCc2ccccc2)cc1N1CCCC1=O. The molecule has 0 spiro atoms. The summed E-state index contributed by atoms with van der Waals surface area (Å²) in [5.41, 5.74) is 2.49. The maximum absolute atomic E-state index is 12.1. The van der Waals surface area contributed by atoms with Crippen LogP contribution in [-0.4, -0.2) is 32.1 Å². The van der Waals surface area contributed by atoms with Gasteiger partial charge < -0.3 is 20.3 Å². The third-order valence-electron chi connectivity index (χ3n) is 4.34. The molecule has 0 atom stereocenters. The molecule has 2 aromatic carbocycles. The number of carbonyl (C=O) groups excluding carboxylic acids is 2. The second-order valence-corrected chi connectivity index (χ2v) is 6.15. The summed E-state index contributed by atoms with van der Waals surface area (Å²) in [5.74, 6) is 0.697. The van der Waals surface area contributed by atoms with Gasteiger partial charge in [-0.25, -0.2) is 4.79 Å². The van der Waals surface area contributed by atoms with Gasteiger partial charge in [-0.2, -0.15) is 0 Å². The quantitative estimate of drug-likeness (QED) is 0.838. The smallest absolute Gasteiger partial charge is 0.319 e. The molecule has 1 heterocycles. The van der Waals surface area contributed by atoms with Gasteiger partial charge in [0.1, 0.15) is 5.75 Å². The Labute approximate surface area is 153 Å². The summed E-state index contributed by atoms with van der Waals surface area (Å²) in [7, 11) is 1.57. The third kappa shape index (κ3) is 4.33. The highest BCUT2D eigenvalue weighted by molar-refractivity contribution is 5.98. The highest BCUT2D eigenvalue weighted by atomic mass is 16.5. The normalized spacial score (nSPS) is 13.6. The number of amides is 3. The number of nitrogens with zero attached hydrogens (tertiary/aromatic N) is 1. The fourth-order valence-electron chi connectivity index (χ4n) is 3.02. The Hall–Kier alpha value is -3.02. The number of benzene rings is 2. The molecule has 1 aliphatic heterocycles. The summed E-state index contributed by atoms with van der Waals surface area (Å²) in [6.45, 7) is 1.21. The predicted molar refractivity (Wildman–Crippen MR) is 102 cm³/mol. The van der Waals surface area contributed by atoms with E-state index in [0.29, 0.717) is 36.6 Å². The second kappa shape index (κ2) is 8.38. The van der Waals surface area contributed by atoms with Crippen LogP contribution in [0.4, 0.5) is 16.2 Å². The molecule has 2 N–H and O–H groups in total. The van der Waals surface area contributed by atoms with Crippen molar-refractivity contribution in [3.05, 3.63) is 54.1 Å². The highest BCUT2D eigenvalue weighted by Crippen LogP contribution is 2.33. The van der Waals surface area contributed by atoms with Crippen LogP contribution in [0.15, 0.2) is 48.5 Å². The number of anilines is 2. The lowest BCUT2D eigenvalue weighted by atomic mass is 10.1. The van der Waals surface area contributed by atoms with Crippen LogP contribution in [-0.2, 0) is 11.2 Å². The van der Waals surface area contributed by atoms with E-state index in [4.69, 9.17) is 4.74 Å². The predicted octanol–water partition coefficient (Wildman–Crippen LogP) is 3.19. The van der Waals surface area contributed by atoms with Gasteiger partial charge in [0.05, 0.1) is 12.8 Å². The average Bonchev–Trinajstić information content (AvgIpc) is 3.08. The third-order valence-corrected chi connectivity index (χ3v) is 4.34. The maximum atomic E-state index is 12.1. The first-order valence-corrected chi connectivity index (χ1v) is 8.74. The molecule has 1 saturated heterocycles. The van der Waals surface area contributed by atoms with Gasteiger partial charge in [0.15, 0.2) is 0 Å². The topological polar surface area (TPSA) is 70.7 Å². The lowest BCUT2D eigenvalue weighted by molar-refractivity contribution is -0.117. The summed E-state index contributed by atoms with van der Waals surface area (Å²) in [5, 5.41) is 5.66. The molecular weight excluding hydrogens is 330 g/mol. The molecule has 0 unspecified atom stereocenters. The van der Waals surface area contributed by atoms with Crippen molar-refractivity contribution < 1.29 is 14.3 Å². The molecule has 3 amide bonds. The van der Waals surface area contributed by atoms with Crippen molar-refractivity contribution >= 4 is 23.3 Å². The minimum Gasteiger partial charge on any atom is -0.495 e. The first-order valence-electron chi connectivity index (χ1n) is 8.74. The van der Waals surface area contributed by atoms with Crippen LogP contribution >= 0.6 is 0 Å². The number of urea groups is 1. The zero-order chi connectivity index (χ0) is 18.4. The first-order chi connectivity index (χ1) is 12.7. The van der Waals surface area contributed by atoms with E-state index in [2.05, 4.69) is 10.6 Å². The molecule has 1 fully saturated rings. The van der Waals surface area contributed by atoms with Gasteiger partial charge >= 0.3 is 6.03 Å². The number of hydrogen-bond acceptors (Lipinski definition) is 3. The van der Waals surface area contributed by atoms with E-state index < -0.39 is 0 Å². The van der Waals surface area contributed by atoms with Gasteiger partial charge in [-0.1, -0.05) is 30.3 Å². The van der Waals surface area contributed by atoms with Crippen LogP contribution in [0.25, 0.3) is 0 Å². The molecule has 0 radical (unpaired) electrons. The van der Waals surface area contributed by atoms with Crippen LogP contribution in [0.2, 0.25) is 0 Å². The summed E-state index contributed by atoms with van der Waals surface area (Å²) >= 11 is 0. The van der Waals surface area contributed by atoms with E-state index >= 15 is 0 Å². The summed E-state index contributed by atoms with van der Waals surface area (Å²) in [6.07, 6.45) is 2.14. The van der Waals surface area contributed by atoms with Crippen LogP contribution in [0, 0.1) is 0 Å². The second-order valence-electron chi connectivity index (χ2n) is 6.15. The Morgan fingerprint density at radius 2 is 2.00 bits per heavy atom. The number of methoxy groups -OCH3 is 1. The van der Waals surface area contributed by atoms with Crippen molar-refractivity contribution in [1.29, 1.82) is 0 Å². The fourth-order valence-corrected chi connectivity index (χ4v) is 3.02. The molecule has 6 nitrogen and oxygen atoms in total. The molecule has 0 bridgehead atoms. The fraction of sp³-hybridized carbons (Fsp3) is 0.300. The Morgan fingerprint density at radius 3 is 2.69 bits per heavy atom. The zero-order valence-electron chi connectivity index (χ0n) is 14.8. The molecule has 0 aromatic heterocycles. The Balaban J connectivity index is 1.60. The average molecular weight is 353 g/mol. The van der Waals surface area contributed by atoms with Gasteiger partial charge in [0, 0.05) is 25.2 Å². The number of hydrogen-bond donors (Lipinski definition) is 2. The maximum Gasteiger partial charge on any atom is 0.319 e. The standard InChI is InChI=1S/C20H23N3O3/c1-26-18-10-9-16(14-17(18)23-13-5-8-19(23)24)22-20(25)21-12-11-15-6-3-2-4-7-15/h2-4,6-7,9-10,14H,5,8,11-13H2,1H3,(H2,21,22,25). The van der Waals surface area contributed by atoms with Crippen LogP contribution in [0.3, 0.4) is 0 Å². The van der Waals surface area contributed by atoms with Crippen molar-refractivity contribution in [3.8, 4) is 5.75 Å². The Bertz CT molecular complexity index is 777. The highest BCUT2D eigenvalue weighted by Gasteiger charge is 2.24. The molecule has 6 heteroatoms. The van der Waals surface area contributed by atoms with E-state index in [0.717, 1.165) is 12.8 Å². The summed E-state index contributed by atoms with van der Waals surface area (Å²) in [6, 6.07) is 15.0. The zero-order valence-corrected chi connectivity index (χ0v) is 14.8.